The molecule has 1 aromatic carbocycles. The third-order valence-corrected chi connectivity index (χ3v) is 7.20. The average molecular weight is 420 g/mol. The second-order valence-electron chi connectivity index (χ2n) is 7.24. The largest absolute Gasteiger partial charge is 0.353 e. The molecule has 0 spiro atoms. The van der Waals surface area contributed by atoms with Crippen molar-refractivity contribution in [2.24, 2.45) is 11.8 Å². The van der Waals surface area contributed by atoms with Crippen molar-refractivity contribution >= 4 is 28.3 Å². The van der Waals surface area contributed by atoms with Crippen LogP contribution in [0.25, 0.3) is 0 Å². The molecule has 0 aliphatic carbocycles. The van der Waals surface area contributed by atoms with Gasteiger partial charge in [-0.1, -0.05) is 6.92 Å². The third kappa shape index (κ3) is 5.19. The monoisotopic (exact) mass is 419 g/mol. The van der Waals surface area contributed by atoms with Crippen LogP contribution in [0.4, 0.5) is 4.39 Å². The van der Waals surface area contributed by atoms with Gasteiger partial charge in [-0.05, 0) is 62.5 Å². The number of carbonyl (C=O) groups is 1. The van der Waals surface area contributed by atoms with Gasteiger partial charge in [-0.2, -0.15) is 4.31 Å². The summed E-state index contributed by atoms with van der Waals surface area (Å²) in [4.78, 5) is 12.7. The SMILES string of the molecule is CC1CNCCC1NC(=O)C1CCCN(S(=O)(=O)c2ccc(F)cc2)C1.Cl. The van der Waals surface area contributed by atoms with Crippen molar-refractivity contribution < 1.29 is 17.6 Å². The maximum Gasteiger partial charge on any atom is 0.243 e. The van der Waals surface area contributed by atoms with Crippen molar-refractivity contribution in [3.05, 3.63) is 30.1 Å². The fourth-order valence-electron chi connectivity index (χ4n) is 3.66. The second-order valence-corrected chi connectivity index (χ2v) is 9.18. The maximum absolute atomic E-state index is 13.1. The molecular formula is C18H27ClFN3O3S. The van der Waals surface area contributed by atoms with Gasteiger partial charge >= 0.3 is 0 Å². The Kier molecular flexibility index (Phi) is 7.62. The van der Waals surface area contributed by atoms with Crippen molar-refractivity contribution in [2.45, 2.75) is 37.1 Å². The Bertz CT molecular complexity index is 745. The molecule has 2 N–H and O–H groups in total. The topological polar surface area (TPSA) is 78.5 Å². The van der Waals surface area contributed by atoms with Crippen LogP contribution < -0.4 is 10.6 Å². The Morgan fingerprint density at radius 3 is 2.63 bits per heavy atom. The predicted molar refractivity (Wildman–Crippen MR) is 104 cm³/mol. The molecule has 1 amide bonds. The molecule has 3 atom stereocenters. The summed E-state index contributed by atoms with van der Waals surface area (Å²) >= 11 is 0. The van der Waals surface area contributed by atoms with Crippen molar-refractivity contribution in [1.82, 2.24) is 14.9 Å². The second kappa shape index (κ2) is 9.32. The molecule has 27 heavy (non-hydrogen) atoms. The number of hydrogen-bond donors (Lipinski definition) is 2. The number of carbonyl (C=O) groups excluding carboxylic acids is 1. The highest BCUT2D eigenvalue weighted by atomic mass is 35.5. The quantitative estimate of drug-likeness (QED) is 0.779. The first-order chi connectivity index (χ1) is 12.4. The van der Waals surface area contributed by atoms with Gasteiger partial charge in [0.05, 0.1) is 10.8 Å². The average Bonchev–Trinajstić information content (AvgIpc) is 2.64. The number of halogens is 2. The van der Waals surface area contributed by atoms with E-state index in [4.69, 9.17) is 0 Å². The first-order valence-electron chi connectivity index (χ1n) is 9.15. The summed E-state index contributed by atoms with van der Waals surface area (Å²) in [5.74, 6) is -0.532. The van der Waals surface area contributed by atoms with Gasteiger partial charge in [-0.3, -0.25) is 4.79 Å². The molecule has 3 unspecified atom stereocenters. The van der Waals surface area contributed by atoms with Gasteiger partial charge in [0.1, 0.15) is 5.82 Å². The van der Waals surface area contributed by atoms with Gasteiger partial charge in [-0.25, -0.2) is 12.8 Å². The van der Waals surface area contributed by atoms with Crippen LogP contribution in [0.2, 0.25) is 0 Å². The molecule has 0 aromatic heterocycles. The molecule has 152 valence electrons. The molecule has 2 heterocycles. The zero-order chi connectivity index (χ0) is 18.7. The molecule has 2 fully saturated rings. The zero-order valence-corrected chi connectivity index (χ0v) is 17.0. The number of benzene rings is 1. The van der Waals surface area contributed by atoms with Gasteiger partial charge < -0.3 is 10.6 Å². The third-order valence-electron chi connectivity index (χ3n) is 5.32. The van der Waals surface area contributed by atoms with Crippen LogP contribution in [-0.2, 0) is 14.8 Å². The lowest BCUT2D eigenvalue weighted by molar-refractivity contribution is -0.127. The first kappa shape index (κ1) is 22.1. The highest BCUT2D eigenvalue weighted by Crippen LogP contribution is 2.24. The zero-order valence-electron chi connectivity index (χ0n) is 15.4. The van der Waals surface area contributed by atoms with Crippen LogP contribution in [-0.4, -0.2) is 50.9 Å². The highest BCUT2D eigenvalue weighted by Gasteiger charge is 2.34. The number of hydrogen-bond acceptors (Lipinski definition) is 4. The normalized spacial score (nSPS) is 26.8. The molecule has 0 saturated carbocycles. The number of rotatable bonds is 4. The van der Waals surface area contributed by atoms with Crippen molar-refractivity contribution in [2.75, 3.05) is 26.2 Å². The van der Waals surface area contributed by atoms with E-state index in [0.29, 0.717) is 25.3 Å². The van der Waals surface area contributed by atoms with Gasteiger partial charge in [0, 0.05) is 19.1 Å². The van der Waals surface area contributed by atoms with Crippen LogP contribution in [0.3, 0.4) is 0 Å². The van der Waals surface area contributed by atoms with Crippen LogP contribution >= 0.6 is 12.4 Å². The smallest absolute Gasteiger partial charge is 0.243 e. The predicted octanol–water partition coefficient (Wildman–Crippen LogP) is 1.76. The molecule has 0 radical (unpaired) electrons. The molecule has 2 saturated heterocycles. The summed E-state index contributed by atoms with van der Waals surface area (Å²) in [5, 5.41) is 6.41. The van der Waals surface area contributed by atoms with E-state index in [1.807, 2.05) is 0 Å². The standard InChI is InChI=1S/C18H26FN3O3S.ClH/c1-13-11-20-9-8-17(13)21-18(23)14-3-2-10-22(12-14)26(24,25)16-6-4-15(19)5-7-16;/h4-7,13-14,17,20H,2-3,8-12H2,1H3,(H,21,23);1H. The number of piperidine rings is 2. The highest BCUT2D eigenvalue weighted by molar-refractivity contribution is 7.89. The van der Waals surface area contributed by atoms with E-state index in [1.165, 1.54) is 16.4 Å². The van der Waals surface area contributed by atoms with E-state index < -0.39 is 15.8 Å². The fraction of sp³-hybridized carbons (Fsp3) is 0.611. The minimum atomic E-state index is -3.71. The minimum Gasteiger partial charge on any atom is -0.353 e. The maximum atomic E-state index is 13.1. The van der Waals surface area contributed by atoms with E-state index in [1.54, 1.807) is 0 Å². The fourth-order valence-corrected chi connectivity index (χ4v) is 5.18. The number of nitrogens with one attached hydrogen (secondary N) is 2. The molecule has 2 aliphatic heterocycles. The Morgan fingerprint density at radius 1 is 1.26 bits per heavy atom. The lowest BCUT2D eigenvalue weighted by Gasteiger charge is -2.34. The van der Waals surface area contributed by atoms with Gasteiger partial charge in [-0.15, -0.1) is 12.4 Å². The van der Waals surface area contributed by atoms with Crippen LogP contribution in [0.15, 0.2) is 29.2 Å². The minimum absolute atomic E-state index is 0. The van der Waals surface area contributed by atoms with Crippen LogP contribution in [0, 0.1) is 17.7 Å². The lowest BCUT2D eigenvalue weighted by atomic mass is 9.93. The molecular weight excluding hydrogens is 393 g/mol. The molecule has 2 aliphatic rings. The Hall–Kier alpha value is -1.22. The summed E-state index contributed by atoms with van der Waals surface area (Å²) in [6.07, 6.45) is 2.21. The van der Waals surface area contributed by atoms with E-state index in [9.17, 15) is 17.6 Å². The molecule has 9 heteroatoms. The first-order valence-corrected chi connectivity index (χ1v) is 10.6. The van der Waals surface area contributed by atoms with E-state index >= 15 is 0 Å². The van der Waals surface area contributed by atoms with Crippen molar-refractivity contribution in [3.8, 4) is 0 Å². The van der Waals surface area contributed by atoms with E-state index in [0.717, 1.165) is 31.6 Å². The summed E-state index contributed by atoms with van der Waals surface area (Å²) in [5.41, 5.74) is 0. The Labute approximate surface area is 166 Å². The van der Waals surface area contributed by atoms with E-state index in [-0.39, 0.29) is 41.7 Å². The number of amides is 1. The van der Waals surface area contributed by atoms with Crippen LogP contribution in [0.1, 0.15) is 26.2 Å². The molecule has 0 bridgehead atoms. The summed E-state index contributed by atoms with van der Waals surface area (Å²) in [7, 11) is -3.71. The molecule has 6 nitrogen and oxygen atoms in total. The summed E-state index contributed by atoms with van der Waals surface area (Å²) in [6, 6.07) is 4.95. The number of sulfonamides is 1. The molecule has 1 aromatic rings. The lowest BCUT2D eigenvalue weighted by Crippen LogP contribution is -2.52. The van der Waals surface area contributed by atoms with Crippen LogP contribution in [0.5, 0.6) is 0 Å². The molecule has 3 rings (SSSR count). The number of nitrogens with zero attached hydrogens (tertiary/aromatic N) is 1. The Morgan fingerprint density at radius 2 is 1.96 bits per heavy atom. The van der Waals surface area contributed by atoms with Gasteiger partial charge in [0.2, 0.25) is 15.9 Å². The summed E-state index contributed by atoms with van der Waals surface area (Å²) < 4.78 is 40.0. The summed E-state index contributed by atoms with van der Waals surface area (Å²) in [6.45, 7) is 4.41. The van der Waals surface area contributed by atoms with Crippen molar-refractivity contribution in [1.29, 1.82) is 0 Å². The van der Waals surface area contributed by atoms with Gasteiger partial charge in [0.15, 0.2) is 0 Å². The van der Waals surface area contributed by atoms with Gasteiger partial charge in [0.25, 0.3) is 0 Å². The van der Waals surface area contributed by atoms with E-state index in [2.05, 4.69) is 17.6 Å². The Balaban J connectivity index is 0.00000261. The van der Waals surface area contributed by atoms with Crippen molar-refractivity contribution in [3.63, 3.8) is 0 Å².